The number of amidine groups is 1. The number of ether oxygens (including phenoxy) is 1. The molecule has 0 saturated carbocycles. The summed E-state index contributed by atoms with van der Waals surface area (Å²) < 4.78 is 5.79. The van der Waals surface area contributed by atoms with Crippen molar-refractivity contribution in [3.05, 3.63) is 59.7 Å². The van der Waals surface area contributed by atoms with Crippen LogP contribution in [0.15, 0.2) is 48.5 Å². The summed E-state index contributed by atoms with van der Waals surface area (Å²) >= 11 is 0. The summed E-state index contributed by atoms with van der Waals surface area (Å²) in [4.78, 5) is 2.30. The molecule has 1 aliphatic heterocycles. The van der Waals surface area contributed by atoms with Gasteiger partial charge in [-0.25, -0.2) is 0 Å². The standard InChI is InChI=1S/C17H19N3O/c18-17(19)14-7-2-1-6-13(14)12-20-10-5-11-21-16-9-4-3-8-15(16)20/h1-4,6-9H,5,10-12H2,(H3,18,19). The lowest BCUT2D eigenvalue weighted by molar-refractivity contribution is 0.322. The number of nitrogens with zero attached hydrogens (tertiary/aromatic N) is 1. The first-order valence-corrected chi connectivity index (χ1v) is 7.15. The smallest absolute Gasteiger partial charge is 0.142 e. The second kappa shape index (κ2) is 5.87. The van der Waals surface area contributed by atoms with Gasteiger partial charge in [-0.15, -0.1) is 0 Å². The van der Waals surface area contributed by atoms with Crippen molar-refractivity contribution in [3.63, 3.8) is 0 Å². The molecule has 4 nitrogen and oxygen atoms in total. The molecule has 2 aromatic rings. The molecule has 0 fully saturated rings. The van der Waals surface area contributed by atoms with E-state index in [9.17, 15) is 0 Å². The van der Waals surface area contributed by atoms with Crippen molar-refractivity contribution >= 4 is 11.5 Å². The molecule has 0 aromatic heterocycles. The Kier molecular flexibility index (Phi) is 3.77. The molecule has 3 rings (SSSR count). The fourth-order valence-electron chi connectivity index (χ4n) is 2.69. The molecule has 0 unspecified atom stereocenters. The van der Waals surface area contributed by atoms with Crippen LogP contribution < -0.4 is 15.4 Å². The van der Waals surface area contributed by atoms with Gasteiger partial charge in [-0.2, -0.15) is 0 Å². The zero-order valence-corrected chi connectivity index (χ0v) is 11.9. The minimum atomic E-state index is 0.116. The van der Waals surface area contributed by atoms with E-state index in [1.807, 2.05) is 42.5 Å². The van der Waals surface area contributed by atoms with Crippen molar-refractivity contribution in [1.29, 1.82) is 5.41 Å². The van der Waals surface area contributed by atoms with E-state index in [-0.39, 0.29) is 5.84 Å². The molecule has 0 spiro atoms. The SMILES string of the molecule is N=C(N)c1ccccc1CN1CCCOc2ccccc21. The van der Waals surface area contributed by atoms with Crippen LogP contribution in [-0.4, -0.2) is 19.0 Å². The largest absolute Gasteiger partial charge is 0.491 e. The van der Waals surface area contributed by atoms with Crippen LogP contribution in [0.3, 0.4) is 0 Å². The molecule has 1 aliphatic rings. The highest BCUT2D eigenvalue weighted by Gasteiger charge is 2.17. The Morgan fingerprint density at radius 3 is 2.76 bits per heavy atom. The molecule has 0 bridgehead atoms. The Morgan fingerprint density at radius 1 is 1.14 bits per heavy atom. The number of fused-ring (bicyclic) bond motifs is 1. The summed E-state index contributed by atoms with van der Waals surface area (Å²) in [5.41, 5.74) is 8.67. The van der Waals surface area contributed by atoms with E-state index >= 15 is 0 Å². The van der Waals surface area contributed by atoms with E-state index in [1.165, 1.54) is 0 Å². The minimum Gasteiger partial charge on any atom is -0.491 e. The number of hydrogen-bond acceptors (Lipinski definition) is 3. The van der Waals surface area contributed by atoms with Gasteiger partial charge < -0.3 is 15.4 Å². The predicted molar refractivity (Wildman–Crippen MR) is 85.1 cm³/mol. The van der Waals surface area contributed by atoms with E-state index in [1.54, 1.807) is 0 Å². The van der Waals surface area contributed by atoms with E-state index < -0.39 is 0 Å². The highest BCUT2D eigenvalue weighted by molar-refractivity contribution is 5.96. The Bertz CT molecular complexity index is 654. The number of para-hydroxylation sites is 2. The second-order valence-corrected chi connectivity index (χ2v) is 5.16. The Morgan fingerprint density at radius 2 is 1.90 bits per heavy atom. The molecule has 0 saturated heterocycles. The average molecular weight is 281 g/mol. The third kappa shape index (κ3) is 2.84. The summed E-state index contributed by atoms with van der Waals surface area (Å²) in [7, 11) is 0. The van der Waals surface area contributed by atoms with Crippen molar-refractivity contribution in [2.45, 2.75) is 13.0 Å². The monoisotopic (exact) mass is 281 g/mol. The van der Waals surface area contributed by atoms with Gasteiger partial charge in [0.05, 0.1) is 12.3 Å². The number of nitrogen functional groups attached to an aromatic ring is 1. The Balaban J connectivity index is 1.93. The summed E-state index contributed by atoms with van der Waals surface area (Å²) in [5, 5.41) is 7.72. The molecular weight excluding hydrogens is 262 g/mol. The van der Waals surface area contributed by atoms with Crippen molar-refractivity contribution < 1.29 is 4.74 Å². The number of anilines is 1. The van der Waals surface area contributed by atoms with Crippen LogP contribution in [0.5, 0.6) is 5.75 Å². The number of rotatable bonds is 3. The molecule has 3 N–H and O–H groups in total. The van der Waals surface area contributed by atoms with Gasteiger partial charge >= 0.3 is 0 Å². The summed E-state index contributed by atoms with van der Waals surface area (Å²) in [5.74, 6) is 1.04. The van der Waals surface area contributed by atoms with Gasteiger partial charge in [-0.05, 0) is 24.1 Å². The maximum atomic E-state index is 7.72. The lowest BCUT2D eigenvalue weighted by atomic mass is 10.1. The first-order chi connectivity index (χ1) is 10.3. The van der Waals surface area contributed by atoms with Crippen LogP contribution in [0.1, 0.15) is 17.5 Å². The van der Waals surface area contributed by atoms with Crippen LogP contribution in [0.2, 0.25) is 0 Å². The van der Waals surface area contributed by atoms with E-state index in [0.29, 0.717) is 0 Å². The molecular formula is C17H19N3O. The van der Waals surface area contributed by atoms with Gasteiger partial charge in [0.15, 0.2) is 0 Å². The fourth-order valence-corrected chi connectivity index (χ4v) is 2.69. The normalized spacial score (nSPS) is 14.0. The third-order valence-corrected chi connectivity index (χ3v) is 3.70. The molecule has 0 amide bonds. The molecule has 1 heterocycles. The van der Waals surface area contributed by atoms with Gasteiger partial charge in [-0.3, -0.25) is 5.41 Å². The first-order valence-electron chi connectivity index (χ1n) is 7.15. The number of nitrogens with two attached hydrogens (primary N) is 1. The van der Waals surface area contributed by atoms with Crippen molar-refractivity contribution in [3.8, 4) is 5.75 Å². The number of nitrogens with one attached hydrogen (secondary N) is 1. The van der Waals surface area contributed by atoms with Crippen molar-refractivity contribution in [2.24, 2.45) is 5.73 Å². The number of hydrogen-bond donors (Lipinski definition) is 2. The highest BCUT2D eigenvalue weighted by Crippen LogP contribution is 2.31. The van der Waals surface area contributed by atoms with E-state index in [4.69, 9.17) is 15.9 Å². The molecule has 0 aliphatic carbocycles. The molecule has 0 atom stereocenters. The molecule has 2 aromatic carbocycles. The van der Waals surface area contributed by atoms with Gasteiger partial charge in [0.25, 0.3) is 0 Å². The van der Waals surface area contributed by atoms with Crippen LogP contribution in [0.25, 0.3) is 0 Å². The van der Waals surface area contributed by atoms with Crippen molar-refractivity contribution in [1.82, 2.24) is 0 Å². The van der Waals surface area contributed by atoms with Crippen LogP contribution in [-0.2, 0) is 6.54 Å². The maximum absolute atomic E-state index is 7.72. The maximum Gasteiger partial charge on any atom is 0.142 e. The molecule has 108 valence electrons. The highest BCUT2D eigenvalue weighted by atomic mass is 16.5. The van der Waals surface area contributed by atoms with Crippen LogP contribution in [0.4, 0.5) is 5.69 Å². The average Bonchev–Trinajstić information content (AvgIpc) is 2.70. The lowest BCUT2D eigenvalue weighted by Crippen LogP contribution is -2.25. The van der Waals surface area contributed by atoms with Crippen molar-refractivity contribution in [2.75, 3.05) is 18.1 Å². The minimum absolute atomic E-state index is 0.116. The Hall–Kier alpha value is -2.49. The zero-order chi connectivity index (χ0) is 14.7. The zero-order valence-electron chi connectivity index (χ0n) is 11.9. The van der Waals surface area contributed by atoms with E-state index in [2.05, 4.69) is 11.0 Å². The number of benzene rings is 2. The van der Waals surface area contributed by atoms with Crippen LogP contribution >= 0.6 is 0 Å². The third-order valence-electron chi connectivity index (χ3n) is 3.70. The van der Waals surface area contributed by atoms with E-state index in [0.717, 1.165) is 48.7 Å². The first kappa shape index (κ1) is 13.5. The van der Waals surface area contributed by atoms with Gasteiger partial charge in [-0.1, -0.05) is 36.4 Å². The molecule has 0 radical (unpaired) electrons. The second-order valence-electron chi connectivity index (χ2n) is 5.16. The quantitative estimate of drug-likeness (QED) is 0.671. The molecule has 4 heteroatoms. The van der Waals surface area contributed by atoms with Gasteiger partial charge in [0, 0.05) is 18.7 Å². The summed E-state index contributed by atoms with van der Waals surface area (Å²) in [6.45, 7) is 2.40. The summed E-state index contributed by atoms with van der Waals surface area (Å²) in [6, 6.07) is 15.9. The Labute approximate surface area is 124 Å². The summed E-state index contributed by atoms with van der Waals surface area (Å²) in [6.07, 6.45) is 0.983. The topological polar surface area (TPSA) is 62.3 Å². The van der Waals surface area contributed by atoms with Crippen LogP contribution in [0, 0.1) is 5.41 Å². The molecule has 21 heavy (non-hydrogen) atoms. The lowest BCUT2D eigenvalue weighted by Gasteiger charge is -2.24. The van der Waals surface area contributed by atoms with Gasteiger partial charge in [0.1, 0.15) is 11.6 Å². The van der Waals surface area contributed by atoms with Gasteiger partial charge in [0.2, 0.25) is 0 Å². The predicted octanol–water partition coefficient (Wildman–Crippen LogP) is 2.76. The fraction of sp³-hybridized carbons (Fsp3) is 0.235.